The Morgan fingerprint density at radius 2 is 1.94 bits per heavy atom. The van der Waals surface area contributed by atoms with Crippen LogP contribution in [0.5, 0.6) is 0 Å². The molecule has 0 unspecified atom stereocenters. The van der Waals surface area contributed by atoms with Crippen LogP contribution >= 0.6 is 0 Å². The smallest absolute Gasteiger partial charge is 0.143 e. The molecule has 0 radical (unpaired) electrons. The van der Waals surface area contributed by atoms with E-state index in [0.29, 0.717) is 18.0 Å². The van der Waals surface area contributed by atoms with Crippen LogP contribution in [0, 0.1) is 5.41 Å². The Bertz CT molecular complexity index is 238. The van der Waals surface area contributed by atoms with Gasteiger partial charge < -0.3 is 15.4 Å². The van der Waals surface area contributed by atoms with Crippen LogP contribution < -0.4 is 10.6 Å². The Morgan fingerprint density at radius 3 is 2.41 bits per heavy atom. The average Bonchev–Trinajstić information content (AvgIpc) is 2.18. The van der Waals surface area contributed by atoms with Gasteiger partial charge in [-0.05, 0) is 32.9 Å². The molecule has 1 aliphatic heterocycles. The fourth-order valence-electron chi connectivity index (χ4n) is 2.05. The van der Waals surface area contributed by atoms with Crippen LogP contribution in [0.15, 0.2) is 0 Å². The lowest BCUT2D eigenvalue weighted by atomic mass is 9.79. The molecule has 1 saturated heterocycles. The number of Topliss-reactive ketones (excluding diaryl/α,β-unsaturated/α-hetero) is 1. The van der Waals surface area contributed by atoms with Crippen LogP contribution in [0.4, 0.5) is 0 Å². The number of ketones is 1. The van der Waals surface area contributed by atoms with Gasteiger partial charge in [-0.1, -0.05) is 13.8 Å². The molecule has 0 amide bonds. The Hall–Kier alpha value is -0.450. The summed E-state index contributed by atoms with van der Waals surface area (Å²) < 4.78 is 5.35. The second kappa shape index (κ2) is 7.09. The van der Waals surface area contributed by atoms with Crippen molar-refractivity contribution in [3.05, 3.63) is 0 Å². The normalized spacial score (nSPS) is 18.1. The number of carbonyl (C=O) groups excluding carboxylic acids is 1. The maximum atomic E-state index is 10.8. The van der Waals surface area contributed by atoms with E-state index >= 15 is 0 Å². The number of nitrogens with one attached hydrogen (secondary N) is 2. The first-order chi connectivity index (χ1) is 8.04. The summed E-state index contributed by atoms with van der Waals surface area (Å²) in [5.74, 6) is 0.199. The highest BCUT2D eigenvalue weighted by Crippen LogP contribution is 2.34. The maximum Gasteiger partial charge on any atom is 0.143 e. The summed E-state index contributed by atoms with van der Waals surface area (Å²) in [5, 5.41) is 6.63. The monoisotopic (exact) mass is 242 g/mol. The van der Waals surface area contributed by atoms with Crippen molar-refractivity contribution in [3.63, 3.8) is 0 Å². The first-order valence-electron chi connectivity index (χ1n) is 6.55. The van der Waals surface area contributed by atoms with Gasteiger partial charge in [-0.3, -0.25) is 4.79 Å². The van der Waals surface area contributed by atoms with E-state index in [9.17, 15) is 4.79 Å². The topological polar surface area (TPSA) is 50.4 Å². The van der Waals surface area contributed by atoms with Crippen LogP contribution in [0.3, 0.4) is 0 Å². The standard InChI is InChI=1S/C13H26N2O2/c1-11(2)15-7-5-13(9-17-10-13)4-6-14-8-12(3)16/h11,14-15H,4-10H2,1-3H3. The Kier molecular flexibility index (Phi) is 6.09. The van der Waals surface area contributed by atoms with E-state index < -0.39 is 0 Å². The van der Waals surface area contributed by atoms with Crippen molar-refractivity contribution in [1.29, 1.82) is 0 Å². The van der Waals surface area contributed by atoms with E-state index in [1.807, 2.05) is 0 Å². The zero-order valence-electron chi connectivity index (χ0n) is 11.3. The van der Waals surface area contributed by atoms with E-state index in [0.717, 1.165) is 39.1 Å². The lowest BCUT2D eigenvalue weighted by Gasteiger charge is -2.42. The molecule has 0 aromatic heterocycles. The van der Waals surface area contributed by atoms with Gasteiger partial charge in [0.2, 0.25) is 0 Å². The Morgan fingerprint density at radius 1 is 1.29 bits per heavy atom. The third kappa shape index (κ3) is 5.61. The van der Waals surface area contributed by atoms with Crippen LogP contribution in [0.25, 0.3) is 0 Å². The highest BCUT2D eigenvalue weighted by Gasteiger charge is 2.37. The van der Waals surface area contributed by atoms with Crippen molar-refractivity contribution < 1.29 is 9.53 Å². The van der Waals surface area contributed by atoms with Crippen molar-refractivity contribution in [1.82, 2.24) is 10.6 Å². The molecule has 1 rings (SSSR count). The van der Waals surface area contributed by atoms with Crippen molar-refractivity contribution in [3.8, 4) is 0 Å². The molecular weight excluding hydrogens is 216 g/mol. The number of hydrogen-bond acceptors (Lipinski definition) is 4. The third-order valence-electron chi connectivity index (χ3n) is 3.23. The first kappa shape index (κ1) is 14.6. The van der Waals surface area contributed by atoms with Gasteiger partial charge in [-0.25, -0.2) is 0 Å². The van der Waals surface area contributed by atoms with Gasteiger partial charge in [0, 0.05) is 11.5 Å². The SMILES string of the molecule is CC(=O)CNCCC1(CCNC(C)C)COC1. The van der Waals surface area contributed by atoms with Gasteiger partial charge in [-0.2, -0.15) is 0 Å². The van der Waals surface area contributed by atoms with Gasteiger partial charge in [-0.15, -0.1) is 0 Å². The molecule has 4 heteroatoms. The van der Waals surface area contributed by atoms with Crippen molar-refractivity contribution >= 4 is 5.78 Å². The molecule has 0 aliphatic carbocycles. The molecular formula is C13H26N2O2. The maximum absolute atomic E-state index is 10.8. The first-order valence-corrected chi connectivity index (χ1v) is 6.55. The van der Waals surface area contributed by atoms with Crippen LogP contribution in [0.1, 0.15) is 33.6 Å². The fourth-order valence-corrected chi connectivity index (χ4v) is 2.05. The van der Waals surface area contributed by atoms with Crippen LogP contribution in [-0.4, -0.2) is 44.7 Å². The largest absolute Gasteiger partial charge is 0.380 e. The Balaban J connectivity index is 2.14. The van der Waals surface area contributed by atoms with Crippen LogP contribution in [0.2, 0.25) is 0 Å². The third-order valence-corrected chi connectivity index (χ3v) is 3.23. The molecule has 0 bridgehead atoms. The van der Waals surface area contributed by atoms with E-state index in [-0.39, 0.29) is 5.78 Å². The number of ether oxygens (including phenoxy) is 1. The van der Waals surface area contributed by atoms with E-state index in [1.165, 1.54) is 0 Å². The zero-order valence-corrected chi connectivity index (χ0v) is 11.3. The lowest BCUT2D eigenvalue weighted by molar-refractivity contribution is -0.121. The van der Waals surface area contributed by atoms with Gasteiger partial charge >= 0.3 is 0 Å². The predicted octanol–water partition coefficient (Wildman–Crippen LogP) is 0.960. The second-order valence-corrected chi connectivity index (χ2v) is 5.48. The molecule has 0 spiro atoms. The molecule has 1 aliphatic rings. The summed E-state index contributed by atoms with van der Waals surface area (Å²) >= 11 is 0. The summed E-state index contributed by atoms with van der Waals surface area (Å²) in [5.41, 5.74) is 0.339. The predicted molar refractivity (Wildman–Crippen MR) is 69.2 cm³/mol. The lowest BCUT2D eigenvalue weighted by Crippen LogP contribution is -2.46. The fraction of sp³-hybridized carbons (Fsp3) is 0.923. The minimum absolute atomic E-state index is 0.199. The summed E-state index contributed by atoms with van der Waals surface area (Å²) in [6, 6.07) is 0.545. The molecule has 0 aromatic carbocycles. The van der Waals surface area contributed by atoms with Crippen molar-refractivity contribution in [2.45, 2.75) is 39.7 Å². The average molecular weight is 242 g/mol. The number of hydrogen-bond donors (Lipinski definition) is 2. The van der Waals surface area contributed by atoms with Crippen molar-refractivity contribution in [2.24, 2.45) is 5.41 Å². The van der Waals surface area contributed by atoms with Gasteiger partial charge in [0.05, 0.1) is 19.8 Å². The molecule has 17 heavy (non-hydrogen) atoms. The number of carbonyl (C=O) groups is 1. The van der Waals surface area contributed by atoms with E-state index in [1.54, 1.807) is 6.92 Å². The molecule has 100 valence electrons. The van der Waals surface area contributed by atoms with Gasteiger partial charge in [0.1, 0.15) is 5.78 Å². The molecule has 1 fully saturated rings. The Labute approximate surface area is 104 Å². The van der Waals surface area contributed by atoms with Gasteiger partial charge in [0.15, 0.2) is 0 Å². The summed E-state index contributed by atoms with van der Waals surface area (Å²) in [6.45, 7) is 10.1. The van der Waals surface area contributed by atoms with Crippen LogP contribution in [-0.2, 0) is 9.53 Å². The van der Waals surface area contributed by atoms with Gasteiger partial charge in [0.25, 0.3) is 0 Å². The van der Waals surface area contributed by atoms with Crippen molar-refractivity contribution in [2.75, 3.05) is 32.8 Å². The van der Waals surface area contributed by atoms with E-state index in [2.05, 4.69) is 24.5 Å². The minimum atomic E-state index is 0.199. The summed E-state index contributed by atoms with van der Waals surface area (Å²) in [4.78, 5) is 10.8. The summed E-state index contributed by atoms with van der Waals surface area (Å²) in [7, 11) is 0. The molecule has 4 nitrogen and oxygen atoms in total. The quantitative estimate of drug-likeness (QED) is 0.591. The highest BCUT2D eigenvalue weighted by atomic mass is 16.5. The molecule has 1 heterocycles. The minimum Gasteiger partial charge on any atom is -0.380 e. The second-order valence-electron chi connectivity index (χ2n) is 5.48. The summed E-state index contributed by atoms with van der Waals surface area (Å²) in [6.07, 6.45) is 2.26. The molecule has 2 N–H and O–H groups in total. The highest BCUT2D eigenvalue weighted by molar-refractivity contribution is 5.77. The molecule has 0 saturated carbocycles. The zero-order chi connectivity index (χ0) is 12.7. The molecule has 0 aromatic rings. The number of rotatable bonds is 9. The molecule has 0 atom stereocenters. The van der Waals surface area contributed by atoms with E-state index in [4.69, 9.17) is 4.74 Å².